The van der Waals surface area contributed by atoms with Crippen LogP contribution in [-0.2, 0) is 6.42 Å². The fourth-order valence-electron chi connectivity index (χ4n) is 2.43. The number of nitrogens with two attached hydrogens (primary N) is 1. The molecule has 3 rings (SSSR count). The number of hydrogen-bond acceptors (Lipinski definition) is 5. The highest BCUT2D eigenvalue weighted by atomic mass is 15.3. The Morgan fingerprint density at radius 3 is 2.90 bits per heavy atom. The SMILES string of the molecule is Cc1nn(-c2ncnc3nc[nH]c23)c(C)c1CCCN. The molecule has 3 aromatic rings. The summed E-state index contributed by atoms with van der Waals surface area (Å²) in [7, 11) is 0. The molecule has 0 bridgehead atoms. The van der Waals surface area contributed by atoms with Gasteiger partial charge in [-0.1, -0.05) is 0 Å². The molecular formula is C13H17N7. The molecule has 0 amide bonds. The Morgan fingerprint density at radius 2 is 2.10 bits per heavy atom. The smallest absolute Gasteiger partial charge is 0.182 e. The standard InChI is InChI=1S/C13H17N7/c1-8-10(4-3-5-14)9(2)20(19-8)13-11-12(16-6-15-11)17-7-18-13/h6-7H,3-5,14H2,1-2H3,(H,15,16,17,18). The van der Waals surface area contributed by atoms with Crippen LogP contribution in [0.2, 0.25) is 0 Å². The summed E-state index contributed by atoms with van der Waals surface area (Å²) in [4.78, 5) is 15.7. The molecule has 0 saturated carbocycles. The second kappa shape index (κ2) is 5.01. The third kappa shape index (κ3) is 1.96. The summed E-state index contributed by atoms with van der Waals surface area (Å²) in [6, 6.07) is 0. The quantitative estimate of drug-likeness (QED) is 0.739. The number of rotatable bonds is 4. The lowest BCUT2D eigenvalue weighted by Crippen LogP contribution is -2.05. The minimum absolute atomic E-state index is 0.645. The van der Waals surface area contributed by atoms with Gasteiger partial charge in [0.05, 0.1) is 12.0 Å². The number of nitrogens with one attached hydrogen (secondary N) is 1. The molecule has 0 fully saturated rings. The summed E-state index contributed by atoms with van der Waals surface area (Å²) in [6.45, 7) is 4.75. The molecule has 0 aliphatic rings. The Morgan fingerprint density at radius 1 is 1.25 bits per heavy atom. The Bertz CT molecular complexity index is 740. The molecule has 0 aromatic carbocycles. The van der Waals surface area contributed by atoms with Crippen LogP contribution >= 0.6 is 0 Å². The van der Waals surface area contributed by atoms with Crippen molar-refractivity contribution in [1.82, 2.24) is 29.7 Å². The first kappa shape index (κ1) is 12.7. The first-order valence-corrected chi connectivity index (χ1v) is 6.62. The third-order valence-corrected chi connectivity index (χ3v) is 3.48. The zero-order chi connectivity index (χ0) is 14.1. The lowest BCUT2D eigenvalue weighted by atomic mass is 10.1. The predicted molar refractivity (Wildman–Crippen MR) is 75.7 cm³/mol. The van der Waals surface area contributed by atoms with Crippen LogP contribution in [0.5, 0.6) is 0 Å². The fourth-order valence-corrected chi connectivity index (χ4v) is 2.43. The number of aromatic nitrogens is 6. The van der Waals surface area contributed by atoms with Gasteiger partial charge in [-0.15, -0.1) is 0 Å². The number of H-pyrrole nitrogens is 1. The van der Waals surface area contributed by atoms with Crippen molar-refractivity contribution in [1.29, 1.82) is 0 Å². The molecular weight excluding hydrogens is 254 g/mol. The van der Waals surface area contributed by atoms with Gasteiger partial charge in [-0.25, -0.2) is 19.6 Å². The van der Waals surface area contributed by atoms with Gasteiger partial charge in [-0.05, 0) is 38.8 Å². The summed E-state index contributed by atoms with van der Waals surface area (Å²) in [5.74, 6) is 0.729. The largest absolute Gasteiger partial charge is 0.340 e. The zero-order valence-corrected chi connectivity index (χ0v) is 11.6. The lowest BCUT2D eigenvalue weighted by molar-refractivity contribution is 0.801. The number of aromatic amines is 1. The van der Waals surface area contributed by atoms with E-state index in [1.807, 2.05) is 11.6 Å². The van der Waals surface area contributed by atoms with E-state index < -0.39 is 0 Å². The fraction of sp³-hybridized carbons (Fsp3) is 0.385. The van der Waals surface area contributed by atoms with E-state index in [0.29, 0.717) is 12.2 Å². The Labute approximate surface area is 116 Å². The third-order valence-electron chi connectivity index (χ3n) is 3.48. The summed E-state index contributed by atoms with van der Waals surface area (Å²) < 4.78 is 1.85. The van der Waals surface area contributed by atoms with Gasteiger partial charge >= 0.3 is 0 Å². The summed E-state index contributed by atoms with van der Waals surface area (Å²) in [5, 5.41) is 4.60. The molecule has 3 aromatic heterocycles. The van der Waals surface area contributed by atoms with Crippen molar-refractivity contribution in [2.75, 3.05) is 6.54 Å². The molecule has 0 saturated heterocycles. The molecule has 7 nitrogen and oxygen atoms in total. The second-order valence-electron chi connectivity index (χ2n) is 4.75. The van der Waals surface area contributed by atoms with Crippen LogP contribution < -0.4 is 5.73 Å². The van der Waals surface area contributed by atoms with Gasteiger partial charge in [0, 0.05) is 5.69 Å². The monoisotopic (exact) mass is 271 g/mol. The number of hydrogen-bond donors (Lipinski definition) is 2. The van der Waals surface area contributed by atoms with E-state index in [1.165, 1.54) is 11.9 Å². The van der Waals surface area contributed by atoms with Crippen LogP contribution in [0.4, 0.5) is 0 Å². The summed E-state index contributed by atoms with van der Waals surface area (Å²) in [6.07, 6.45) is 5.01. The average Bonchev–Trinajstić information content (AvgIpc) is 3.02. The van der Waals surface area contributed by atoms with E-state index in [2.05, 4.69) is 32.0 Å². The highest BCUT2D eigenvalue weighted by Crippen LogP contribution is 2.21. The van der Waals surface area contributed by atoms with E-state index in [9.17, 15) is 0 Å². The van der Waals surface area contributed by atoms with Gasteiger partial charge in [0.2, 0.25) is 0 Å². The molecule has 3 N–H and O–H groups in total. The number of nitrogens with zero attached hydrogens (tertiary/aromatic N) is 5. The van der Waals surface area contributed by atoms with Crippen molar-refractivity contribution in [3.8, 4) is 5.82 Å². The van der Waals surface area contributed by atoms with E-state index in [1.54, 1.807) is 6.33 Å². The molecule has 0 spiro atoms. The molecule has 20 heavy (non-hydrogen) atoms. The highest BCUT2D eigenvalue weighted by Gasteiger charge is 2.16. The Balaban J connectivity index is 2.13. The van der Waals surface area contributed by atoms with Crippen LogP contribution in [0.1, 0.15) is 23.4 Å². The van der Waals surface area contributed by atoms with Crippen molar-refractivity contribution in [3.05, 3.63) is 29.6 Å². The number of aryl methyl sites for hydroxylation is 1. The molecule has 104 valence electrons. The van der Waals surface area contributed by atoms with Crippen molar-refractivity contribution in [3.63, 3.8) is 0 Å². The van der Waals surface area contributed by atoms with E-state index in [0.717, 1.165) is 35.6 Å². The first-order valence-electron chi connectivity index (χ1n) is 6.62. The zero-order valence-electron chi connectivity index (χ0n) is 11.6. The van der Waals surface area contributed by atoms with Crippen LogP contribution in [0, 0.1) is 13.8 Å². The average molecular weight is 271 g/mol. The lowest BCUT2D eigenvalue weighted by Gasteiger charge is -2.05. The van der Waals surface area contributed by atoms with Crippen LogP contribution in [0.15, 0.2) is 12.7 Å². The predicted octanol–water partition coefficient (Wildman–Crippen LogP) is 1.05. The van der Waals surface area contributed by atoms with Crippen LogP contribution in [0.3, 0.4) is 0 Å². The van der Waals surface area contributed by atoms with E-state index in [4.69, 9.17) is 5.73 Å². The van der Waals surface area contributed by atoms with Gasteiger partial charge in [0.1, 0.15) is 11.8 Å². The number of fused-ring (bicyclic) bond motifs is 1. The molecule has 0 atom stereocenters. The minimum atomic E-state index is 0.645. The van der Waals surface area contributed by atoms with Crippen molar-refractivity contribution >= 4 is 11.2 Å². The maximum atomic E-state index is 5.59. The second-order valence-corrected chi connectivity index (χ2v) is 4.75. The maximum absolute atomic E-state index is 5.59. The molecule has 0 unspecified atom stereocenters. The highest BCUT2D eigenvalue weighted by molar-refractivity contribution is 5.77. The number of imidazole rings is 1. The van der Waals surface area contributed by atoms with Crippen molar-refractivity contribution < 1.29 is 0 Å². The minimum Gasteiger partial charge on any atom is -0.340 e. The Hall–Kier alpha value is -2.28. The van der Waals surface area contributed by atoms with E-state index in [-0.39, 0.29) is 0 Å². The summed E-state index contributed by atoms with van der Waals surface area (Å²) >= 11 is 0. The van der Waals surface area contributed by atoms with Crippen LogP contribution in [-0.4, -0.2) is 36.3 Å². The van der Waals surface area contributed by atoms with Gasteiger partial charge in [0.15, 0.2) is 11.5 Å². The van der Waals surface area contributed by atoms with E-state index >= 15 is 0 Å². The van der Waals surface area contributed by atoms with Gasteiger partial charge in [-0.3, -0.25) is 0 Å². The Kier molecular flexibility index (Phi) is 3.19. The van der Waals surface area contributed by atoms with Crippen LogP contribution in [0.25, 0.3) is 17.0 Å². The maximum Gasteiger partial charge on any atom is 0.182 e. The molecule has 3 heterocycles. The topological polar surface area (TPSA) is 98.3 Å². The van der Waals surface area contributed by atoms with Crippen molar-refractivity contribution in [2.45, 2.75) is 26.7 Å². The van der Waals surface area contributed by atoms with Gasteiger partial charge in [-0.2, -0.15) is 5.10 Å². The van der Waals surface area contributed by atoms with Gasteiger partial charge < -0.3 is 10.7 Å². The molecule has 0 aliphatic carbocycles. The van der Waals surface area contributed by atoms with Gasteiger partial charge in [0.25, 0.3) is 0 Å². The molecule has 0 aliphatic heterocycles. The first-order chi connectivity index (χ1) is 9.72. The van der Waals surface area contributed by atoms with Crippen molar-refractivity contribution in [2.24, 2.45) is 5.73 Å². The summed E-state index contributed by atoms with van der Waals surface area (Å²) in [5.41, 5.74) is 10.4. The normalized spacial score (nSPS) is 11.3. The molecule has 0 radical (unpaired) electrons. The molecule has 7 heteroatoms.